The monoisotopic (exact) mass is 338 g/mol. The smallest absolute Gasteiger partial charge is 0.291 e. The molecule has 4 nitrogen and oxygen atoms in total. The summed E-state index contributed by atoms with van der Waals surface area (Å²) in [5.41, 5.74) is 2.73. The van der Waals surface area contributed by atoms with Crippen molar-refractivity contribution in [2.75, 3.05) is 0 Å². The van der Waals surface area contributed by atoms with Crippen molar-refractivity contribution in [2.45, 2.75) is 38.7 Å². The third kappa shape index (κ3) is 3.02. The van der Waals surface area contributed by atoms with Gasteiger partial charge in [-0.15, -0.1) is 0 Å². The molecule has 5 heteroatoms. The largest absolute Gasteiger partial charge is 0.618 e. The van der Waals surface area contributed by atoms with E-state index < -0.39 is 5.82 Å². The highest BCUT2D eigenvalue weighted by atomic mass is 19.1. The first-order chi connectivity index (χ1) is 12.1. The van der Waals surface area contributed by atoms with Crippen molar-refractivity contribution in [1.29, 1.82) is 0 Å². The average molecular weight is 338 g/mol. The van der Waals surface area contributed by atoms with E-state index in [2.05, 4.69) is 4.98 Å². The highest BCUT2D eigenvalue weighted by Crippen LogP contribution is 2.31. The number of aryl methyl sites for hydroxylation is 1. The van der Waals surface area contributed by atoms with Crippen molar-refractivity contribution in [1.82, 2.24) is 4.98 Å². The predicted octanol–water partition coefficient (Wildman–Crippen LogP) is 4.30. The number of fused-ring (bicyclic) bond motifs is 1. The molecule has 25 heavy (non-hydrogen) atoms. The molecule has 1 aliphatic rings. The van der Waals surface area contributed by atoms with Crippen LogP contribution in [0.3, 0.4) is 0 Å². The summed E-state index contributed by atoms with van der Waals surface area (Å²) in [7, 11) is 0. The van der Waals surface area contributed by atoms with Crippen LogP contribution in [-0.4, -0.2) is 11.1 Å². The fourth-order valence-electron chi connectivity index (χ4n) is 3.40. The minimum absolute atomic E-state index is 0.0777. The van der Waals surface area contributed by atoms with Gasteiger partial charge in [0.1, 0.15) is 17.4 Å². The Kier molecular flexibility index (Phi) is 3.99. The van der Waals surface area contributed by atoms with Crippen LogP contribution in [0.1, 0.15) is 31.2 Å². The minimum atomic E-state index is -0.460. The SMILES string of the molecule is Cc1cccc(-c2c(OC3CCCC3)nc3ccc(F)cc3[n+]2[O-])c1. The number of hydrogen-bond acceptors (Lipinski definition) is 3. The molecule has 0 N–H and O–H groups in total. The normalized spacial score (nSPS) is 15.0. The van der Waals surface area contributed by atoms with E-state index in [1.165, 1.54) is 18.2 Å². The van der Waals surface area contributed by atoms with Gasteiger partial charge in [-0.05, 0) is 56.9 Å². The lowest BCUT2D eigenvalue weighted by atomic mass is 10.1. The van der Waals surface area contributed by atoms with E-state index in [1.54, 1.807) is 0 Å². The van der Waals surface area contributed by atoms with Crippen molar-refractivity contribution in [3.63, 3.8) is 0 Å². The zero-order chi connectivity index (χ0) is 17.4. The molecule has 1 saturated carbocycles. The van der Waals surface area contributed by atoms with Gasteiger partial charge in [-0.1, -0.05) is 17.7 Å². The summed E-state index contributed by atoms with van der Waals surface area (Å²) in [6.45, 7) is 1.96. The zero-order valence-corrected chi connectivity index (χ0v) is 14.0. The van der Waals surface area contributed by atoms with Crippen LogP contribution in [-0.2, 0) is 0 Å². The molecule has 0 saturated heterocycles. The van der Waals surface area contributed by atoms with E-state index in [1.807, 2.05) is 31.2 Å². The van der Waals surface area contributed by atoms with Gasteiger partial charge in [0, 0.05) is 6.07 Å². The maximum Gasteiger partial charge on any atom is 0.291 e. The first-order valence-electron chi connectivity index (χ1n) is 8.58. The molecule has 0 unspecified atom stereocenters. The standard InChI is InChI=1S/C20H19FN2O2/c1-13-5-4-6-14(11-13)19-20(25-16-7-2-3-8-16)22-17-10-9-15(21)12-18(17)23(19)24/h4-6,9-12,16H,2-3,7-8H2,1H3. The highest BCUT2D eigenvalue weighted by molar-refractivity contribution is 5.75. The van der Waals surface area contributed by atoms with Crippen LogP contribution >= 0.6 is 0 Å². The average Bonchev–Trinajstić information content (AvgIpc) is 3.09. The molecular weight excluding hydrogens is 319 g/mol. The van der Waals surface area contributed by atoms with Crippen LogP contribution in [0.4, 0.5) is 4.39 Å². The third-order valence-corrected chi connectivity index (χ3v) is 4.66. The lowest BCUT2D eigenvalue weighted by molar-refractivity contribution is -0.566. The number of ether oxygens (including phenoxy) is 1. The topological polar surface area (TPSA) is 49.1 Å². The summed E-state index contributed by atoms with van der Waals surface area (Å²) in [5, 5.41) is 13.0. The quantitative estimate of drug-likeness (QED) is 0.528. The number of benzene rings is 2. The van der Waals surface area contributed by atoms with Crippen molar-refractivity contribution < 1.29 is 13.9 Å². The Balaban J connectivity index is 1.93. The molecule has 3 aromatic rings. The summed E-state index contributed by atoms with van der Waals surface area (Å²) in [6, 6.07) is 11.7. The number of halogens is 1. The van der Waals surface area contributed by atoms with Crippen molar-refractivity contribution in [3.05, 3.63) is 59.1 Å². The number of rotatable bonds is 3. The first kappa shape index (κ1) is 15.8. The molecule has 4 rings (SSSR count). The van der Waals surface area contributed by atoms with Gasteiger partial charge in [0.05, 0.1) is 5.56 Å². The van der Waals surface area contributed by atoms with Crippen LogP contribution in [0, 0.1) is 17.9 Å². The van der Waals surface area contributed by atoms with Gasteiger partial charge < -0.3 is 9.94 Å². The Labute approximate surface area is 145 Å². The van der Waals surface area contributed by atoms with Gasteiger partial charge in [0.15, 0.2) is 0 Å². The molecular formula is C20H19FN2O2. The second-order valence-electron chi connectivity index (χ2n) is 6.59. The molecule has 0 amide bonds. The van der Waals surface area contributed by atoms with Crippen LogP contribution < -0.4 is 9.47 Å². The molecule has 2 aromatic carbocycles. The van der Waals surface area contributed by atoms with Gasteiger partial charge in [0.25, 0.3) is 11.6 Å². The molecule has 0 radical (unpaired) electrons. The molecule has 1 aromatic heterocycles. The van der Waals surface area contributed by atoms with Crippen molar-refractivity contribution >= 4 is 11.0 Å². The summed E-state index contributed by atoms with van der Waals surface area (Å²) >= 11 is 0. The summed E-state index contributed by atoms with van der Waals surface area (Å²) in [4.78, 5) is 4.54. The van der Waals surface area contributed by atoms with Crippen molar-refractivity contribution in [3.8, 4) is 17.1 Å². The number of hydrogen-bond donors (Lipinski definition) is 0. The van der Waals surface area contributed by atoms with Gasteiger partial charge in [-0.2, -0.15) is 4.73 Å². The lowest BCUT2D eigenvalue weighted by Gasteiger charge is -2.16. The Morgan fingerprint density at radius 3 is 2.72 bits per heavy atom. The van der Waals surface area contributed by atoms with E-state index in [-0.39, 0.29) is 11.6 Å². The molecule has 1 fully saturated rings. The van der Waals surface area contributed by atoms with Gasteiger partial charge >= 0.3 is 0 Å². The Hall–Kier alpha value is -2.69. The Bertz CT molecular complexity index is 936. The second kappa shape index (κ2) is 6.31. The van der Waals surface area contributed by atoms with E-state index in [4.69, 9.17) is 4.74 Å². The fraction of sp³-hybridized carbons (Fsp3) is 0.300. The number of aromatic nitrogens is 2. The first-order valence-corrected chi connectivity index (χ1v) is 8.58. The van der Waals surface area contributed by atoms with E-state index >= 15 is 0 Å². The van der Waals surface area contributed by atoms with E-state index in [9.17, 15) is 9.60 Å². The van der Waals surface area contributed by atoms with E-state index in [0.29, 0.717) is 17.1 Å². The van der Waals surface area contributed by atoms with Gasteiger partial charge in [0.2, 0.25) is 5.52 Å². The van der Waals surface area contributed by atoms with Crippen LogP contribution in [0.15, 0.2) is 42.5 Å². The molecule has 0 atom stereocenters. The molecule has 0 aliphatic heterocycles. The molecule has 1 heterocycles. The lowest BCUT2D eigenvalue weighted by Crippen LogP contribution is -2.32. The maximum absolute atomic E-state index is 13.6. The Morgan fingerprint density at radius 2 is 1.96 bits per heavy atom. The number of nitrogens with zero attached hydrogens (tertiary/aromatic N) is 2. The summed E-state index contributed by atoms with van der Waals surface area (Å²) < 4.78 is 20.5. The zero-order valence-electron chi connectivity index (χ0n) is 14.0. The van der Waals surface area contributed by atoms with Crippen LogP contribution in [0.2, 0.25) is 0 Å². The minimum Gasteiger partial charge on any atom is -0.618 e. The molecule has 1 aliphatic carbocycles. The predicted molar refractivity (Wildman–Crippen MR) is 93.7 cm³/mol. The van der Waals surface area contributed by atoms with E-state index in [0.717, 1.165) is 41.5 Å². The molecule has 0 bridgehead atoms. The third-order valence-electron chi connectivity index (χ3n) is 4.66. The van der Waals surface area contributed by atoms with Gasteiger partial charge in [-0.3, -0.25) is 0 Å². The maximum atomic E-state index is 13.6. The van der Waals surface area contributed by atoms with Crippen LogP contribution in [0.5, 0.6) is 5.88 Å². The summed E-state index contributed by atoms with van der Waals surface area (Å²) in [5.74, 6) is -0.134. The fourth-order valence-corrected chi connectivity index (χ4v) is 3.40. The highest BCUT2D eigenvalue weighted by Gasteiger charge is 2.26. The molecule has 128 valence electrons. The second-order valence-corrected chi connectivity index (χ2v) is 6.59. The summed E-state index contributed by atoms with van der Waals surface area (Å²) in [6.07, 6.45) is 4.26. The van der Waals surface area contributed by atoms with Crippen LogP contribution in [0.25, 0.3) is 22.3 Å². The van der Waals surface area contributed by atoms with Gasteiger partial charge in [-0.25, -0.2) is 9.37 Å². The molecule has 0 spiro atoms. The Morgan fingerprint density at radius 1 is 1.16 bits per heavy atom. The van der Waals surface area contributed by atoms with Crippen molar-refractivity contribution in [2.24, 2.45) is 0 Å².